The third-order valence-electron chi connectivity index (χ3n) is 2.55. The number of benzene rings is 1. The zero-order valence-electron chi connectivity index (χ0n) is 9.40. The van der Waals surface area contributed by atoms with Crippen molar-refractivity contribution in [2.24, 2.45) is 0 Å². The first-order chi connectivity index (χ1) is 8.28. The lowest BCUT2D eigenvalue weighted by Crippen LogP contribution is -1.91. The topological polar surface area (TPSA) is 33.1 Å². The Labute approximate surface area is 110 Å². The van der Waals surface area contributed by atoms with E-state index in [9.17, 15) is 0 Å². The Hall–Kier alpha value is -0.900. The average Bonchev–Trinajstić information content (AvgIpc) is 2.80. The monoisotopic (exact) mass is 267 g/mol. The van der Waals surface area contributed by atoms with Crippen LogP contribution in [0.25, 0.3) is 0 Å². The van der Waals surface area contributed by atoms with E-state index in [-0.39, 0.29) is 6.61 Å². The van der Waals surface area contributed by atoms with Crippen molar-refractivity contribution in [2.75, 3.05) is 0 Å². The second kappa shape index (κ2) is 6.15. The van der Waals surface area contributed by atoms with Crippen LogP contribution in [-0.4, -0.2) is 10.1 Å². The number of halogens is 1. The largest absolute Gasteiger partial charge is 0.389 e. The van der Waals surface area contributed by atoms with Gasteiger partial charge in [-0.1, -0.05) is 23.7 Å². The Balaban J connectivity index is 1.81. The molecule has 4 heteroatoms. The number of hydrogen-bond donors (Lipinski definition) is 1. The Morgan fingerprint density at radius 2 is 1.94 bits per heavy atom. The highest BCUT2D eigenvalue weighted by molar-refractivity contribution is 7.09. The summed E-state index contributed by atoms with van der Waals surface area (Å²) in [6, 6.07) is 7.96. The van der Waals surface area contributed by atoms with Crippen LogP contribution < -0.4 is 0 Å². The second-order valence-corrected chi connectivity index (χ2v) is 5.25. The summed E-state index contributed by atoms with van der Waals surface area (Å²) in [5.74, 6) is 0. The van der Waals surface area contributed by atoms with E-state index in [0.29, 0.717) is 0 Å². The summed E-state index contributed by atoms with van der Waals surface area (Å²) in [7, 11) is 0. The van der Waals surface area contributed by atoms with E-state index < -0.39 is 0 Å². The van der Waals surface area contributed by atoms with Crippen molar-refractivity contribution >= 4 is 22.9 Å². The van der Waals surface area contributed by atoms with Crippen LogP contribution in [0.1, 0.15) is 22.7 Å². The van der Waals surface area contributed by atoms with Crippen molar-refractivity contribution < 1.29 is 5.11 Å². The summed E-state index contributed by atoms with van der Waals surface area (Å²) in [5.41, 5.74) is 2.38. The maximum atomic E-state index is 8.92. The maximum Gasteiger partial charge on any atom is 0.118 e. The first kappa shape index (κ1) is 12.6. The van der Waals surface area contributed by atoms with Crippen LogP contribution in [0.2, 0.25) is 5.02 Å². The Bertz CT molecular complexity index is 467. The van der Waals surface area contributed by atoms with Crippen molar-refractivity contribution in [1.29, 1.82) is 0 Å². The van der Waals surface area contributed by atoms with Gasteiger partial charge in [-0.25, -0.2) is 4.98 Å². The normalized spacial score (nSPS) is 10.7. The smallest absolute Gasteiger partial charge is 0.118 e. The van der Waals surface area contributed by atoms with E-state index in [1.54, 1.807) is 0 Å². The number of aliphatic hydroxyl groups is 1. The van der Waals surface area contributed by atoms with Gasteiger partial charge in [0.05, 0.1) is 12.3 Å². The summed E-state index contributed by atoms with van der Waals surface area (Å²) in [5, 5.41) is 12.5. The quantitative estimate of drug-likeness (QED) is 0.900. The van der Waals surface area contributed by atoms with E-state index in [2.05, 4.69) is 17.1 Å². The first-order valence-electron chi connectivity index (χ1n) is 5.56. The Morgan fingerprint density at radius 1 is 1.18 bits per heavy atom. The molecular weight excluding hydrogens is 254 g/mol. The minimum absolute atomic E-state index is 0.0435. The molecule has 0 aliphatic heterocycles. The number of aliphatic hydroxyl groups excluding tert-OH is 1. The Kier molecular flexibility index (Phi) is 4.54. The molecule has 0 aliphatic carbocycles. The van der Waals surface area contributed by atoms with Gasteiger partial charge in [0.25, 0.3) is 0 Å². The van der Waals surface area contributed by atoms with E-state index in [1.807, 2.05) is 17.5 Å². The van der Waals surface area contributed by atoms with E-state index in [1.165, 1.54) is 16.9 Å². The molecule has 2 aromatic rings. The van der Waals surface area contributed by atoms with E-state index in [0.717, 1.165) is 35.0 Å². The predicted molar refractivity (Wildman–Crippen MR) is 71.5 cm³/mol. The highest BCUT2D eigenvalue weighted by atomic mass is 35.5. The van der Waals surface area contributed by atoms with Crippen LogP contribution in [0.15, 0.2) is 29.6 Å². The van der Waals surface area contributed by atoms with Crippen LogP contribution >= 0.6 is 22.9 Å². The lowest BCUT2D eigenvalue weighted by atomic mass is 10.1. The number of hydrogen-bond acceptors (Lipinski definition) is 3. The molecule has 0 fully saturated rings. The molecule has 0 bridgehead atoms. The van der Waals surface area contributed by atoms with Crippen LogP contribution in [0.4, 0.5) is 0 Å². The number of thiazole rings is 1. The summed E-state index contributed by atoms with van der Waals surface area (Å²) < 4.78 is 0. The number of rotatable bonds is 5. The number of aromatic nitrogens is 1. The molecule has 0 unspecified atom stereocenters. The van der Waals surface area contributed by atoms with Gasteiger partial charge in [0, 0.05) is 10.4 Å². The number of aryl methyl sites for hydroxylation is 2. The summed E-state index contributed by atoms with van der Waals surface area (Å²) in [6.45, 7) is 0.0435. The van der Waals surface area contributed by atoms with Crippen LogP contribution in [-0.2, 0) is 19.4 Å². The van der Waals surface area contributed by atoms with Gasteiger partial charge in [-0.05, 0) is 37.0 Å². The van der Waals surface area contributed by atoms with Crippen molar-refractivity contribution in [3.05, 3.63) is 50.9 Å². The van der Waals surface area contributed by atoms with Crippen LogP contribution in [0.3, 0.4) is 0 Å². The molecule has 0 saturated heterocycles. The zero-order chi connectivity index (χ0) is 12.1. The summed E-state index contributed by atoms with van der Waals surface area (Å²) in [4.78, 5) is 4.32. The van der Waals surface area contributed by atoms with E-state index >= 15 is 0 Å². The minimum atomic E-state index is 0.0435. The molecule has 0 spiro atoms. The third kappa shape index (κ3) is 3.80. The number of nitrogens with zero attached hydrogens (tertiary/aromatic N) is 1. The van der Waals surface area contributed by atoms with Gasteiger partial charge >= 0.3 is 0 Å². The SMILES string of the molecule is OCc1nc(CCCc2ccc(Cl)cc2)cs1. The molecule has 1 heterocycles. The Morgan fingerprint density at radius 3 is 2.59 bits per heavy atom. The second-order valence-electron chi connectivity index (χ2n) is 3.87. The van der Waals surface area contributed by atoms with Gasteiger partial charge in [0.15, 0.2) is 0 Å². The van der Waals surface area contributed by atoms with Crippen molar-refractivity contribution in [3.8, 4) is 0 Å². The molecule has 2 nitrogen and oxygen atoms in total. The molecule has 0 amide bonds. The van der Waals surface area contributed by atoms with Gasteiger partial charge in [0.1, 0.15) is 5.01 Å². The molecule has 1 aromatic heterocycles. The molecule has 2 rings (SSSR count). The molecule has 1 N–H and O–H groups in total. The van der Waals surface area contributed by atoms with Crippen molar-refractivity contribution in [1.82, 2.24) is 4.98 Å². The molecule has 0 aliphatic rings. The highest BCUT2D eigenvalue weighted by Crippen LogP contribution is 2.14. The molecule has 0 saturated carbocycles. The standard InChI is InChI=1S/C13H14ClNOS/c14-11-6-4-10(5-7-11)2-1-3-12-9-17-13(8-16)15-12/h4-7,9,16H,1-3,8H2. The highest BCUT2D eigenvalue weighted by Gasteiger charge is 2.01. The molecule has 0 radical (unpaired) electrons. The maximum absolute atomic E-state index is 8.92. The van der Waals surface area contributed by atoms with Gasteiger partial charge in [-0.15, -0.1) is 11.3 Å². The minimum Gasteiger partial charge on any atom is -0.389 e. The first-order valence-corrected chi connectivity index (χ1v) is 6.82. The average molecular weight is 268 g/mol. The molecular formula is C13H14ClNOS. The molecule has 0 atom stereocenters. The third-order valence-corrected chi connectivity index (χ3v) is 3.68. The van der Waals surface area contributed by atoms with Crippen molar-refractivity contribution in [2.45, 2.75) is 25.9 Å². The fourth-order valence-corrected chi connectivity index (χ4v) is 2.47. The fraction of sp³-hybridized carbons (Fsp3) is 0.308. The lowest BCUT2D eigenvalue weighted by molar-refractivity contribution is 0.281. The van der Waals surface area contributed by atoms with Gasteiger partial charge in [-0.2, -0.15) is 0 Å². The predicted octanol–water partition coefficient (Wildman–Crippen LogP) is 3.46. The van der Waals surface area contributed by atoms with Crippen LogP contribution in [0.5, 0.6) is 0 Å². The van der Waals surface area contributed by atoms with Gasteiger partial charge in [0.2, 0.25) is 0 Å². The molecule has 17 heavy (non-hydrogen) atoms. The zero-order valence-corrected chi connectivity index (χ0v) is 11.0. The fourth-order valence-electron chi connectivity index (χ4n) is 1.66. The summed E-state index contributed by atoms with van der Waals surface area (Å²) >= 11 is 7.35. The van der Waals surface area contributed by atoms with Crippen LogP contribution in [0, 0.1) is 0 Å². The lowest BCUT2D eigenvalue weighted by Gasteiger charge is -2.00. The molecule has 90 valence electrons. The van der Waals surface area contributed by atoms with Crippen molar-refractivity contribution in [3.63, 3.8) is 0 Å². The summed E-state index contributed by atoms with van der Waals surface area (Å²) in [6.07, 6.45) is 3.05. The van der Waals surface area contributed by atoms with E-state index in [4.69, 9.17) is 16.7 Å². The molecule has 1 aromatic carbocycles. The van der Waals surface area contributed by atoms with Gasteiger partial charge in [-0.3, -0.25) is 0 Å². The van der Waals surface area contributed by atoms with Gasteiger partial charge < -0.3 is 5.11 Å².